The van der Waals surface area contributed by atoms with Gasteiger partial charge in [0.05, 0.1) is 22.7 Å². The molecule has 0 fully saturated rings. The van der Waals surface area contributed by atoms with Crippen molar-refractivity contribution in [3.05, 3.63) is 23.8 Å². The molecule has 1 N–H and O–H groups in total. The molecule has 0 aromatic heterocycles. The first kappa shape index (κ1) is 11.9. The zero-order chi connectivity index (χ0) is 12.8. The second kappa shape index (κ2) is 3.46. The third-order valence-corrected chi connectivity index (χ3v) is 4.00. The summed E-state index contributed by atoms with van der Waals surface area (Å²) in [5, 5.41) is 1.30. The van der Waals surface area contributed by atoms with Crippen LogP contribution in [0.25, 0.3) is 0 Å². The van der Waals surface area contributed by atoms with E-state index in [0.29, 0.717) is 12.1 Å². The minimum atomic E-state index is -4.55. The molecule has 1 aliphatic heterocycles. The maximum absolute atomic E-state index is 12.4. The monoisotopic (exact) mass is 265 g/mol. The summed E-state index contributed by atoms with van der Waals surface area (Å²) < 4.78 is 60.1. The average molecular weight is 265 g/mol. The van der Waals surface area contributed by atoms with Crippen LogP contribution in [0.15, 0.2) is 23.1 Å². The highest BCUT2D eigenvalue weighted by Gasteiger charge is 2.36. The van der Waals surface area contributed by atoms with Gasteiger partial charge in [-0.05, 0) is 18.2 Å². The molecule has 0 saturated carbocycles. The second-order valence-electron chi connectivity index (χ2n) is 3.44. The number of anilines is 1. The normalized spacial score (nSPS) is 18.4. The molecule has 0 spiro atoms. The number of carbonyl (C=O) groups excluding carboxylic acids is 1. The van der Waals surface area contributed by atoms with Crippen molar-refractivity contribution in [3.63, 3.8) is 0 Å². The van der Waals surface area contributed by atoms with Crippen molar-refractivity contribution in [2.24, 2.45) is 0 Å². The van der Waals surface area contributed by atoms with Gasteiger partial charge >= 0.3 is 6.18 Å². The Morgan fingerprint density at radius 3 is 2.47 bits per heavy atom. The average Bonchev–Trinajstić information content (AvgIpc) is 2.22. The lowest BCUT2D eigenvalue weighted by Gasteiger charge is -2.18. The van der Waals surface area contributed by atoms with Crippen molar-refractivity contribution in [2.75, 3.05) is 11.9 Å². The first-order valence-corrected chi connectivity index (χ1v) is 5.94. The van der Waals surface area contributed by atoms with E-state index in [1.807, 2.05) is 0 Å². The van der Waals surface area contributed by atoms with Crippen molar-refractivity contribution in [2.45, 2.75) is 11.1 Å². The lowest BCUT2D eigenvalue weighted by Crippen LogP contribution is -2.29. The molecule has 1 aliphatic rings. The van der Waals surface area contributed by atoms with Crippen LogP contribution < -0.4 is 5.32 Å². The fraction of sp³-hybridized carbons (Fsp3) is 0.222. The van der Waals surface area contributed by atoms with E-state index in [1.54, 1.807) is 0 Å². The minimum Gasteiger partial charge on any atom is -0.376 e. The van der Waals surface area contributed by atoms with Gasteiger partial charge in [-0.15, -0.1) is 0 Å². The standard InChI is InChI=1S/C9H6F3NO3S/c10-9(11,12)5-1-2-7-6(3-5)13-4-8(14)17(7,15)16/h1-3,13H,4H2. The topological polar surface area (TPSA) is 63.2 Å². The van der Waals surface area contributed by atoms with Gasteiger partial charge in [-0.25, -0.2) is 8.42 Å². The van der Waals surface area contributed by atoms with Gasteiger partial charge in [0.15, 0.2) is 0 Å². The maximum Gasteiger partial charge on any atom is 0.416 e. The van der Waals surface area contributed by atoms with E-state index in [9.17, 15) is 26.4 Å². The number of rotatable bonds is 0. The summed E-state index contributed by atoms with van der Waals surface area (Å²) in [7, 11) is -4.15. The third kappa shape index (κ3) is 1.88. The lowest BCUT2D eigenvalue weighted by atomic mass is 10.2. The predicted molar refractivity (Wildman–Crippen MR) is 52.1 cm³/mol. The van der Waals surface area contributed by atoms with E-state index in [0.717, 1.165) is 6.07 Å². The highest BCUT2D eigenvalue weighted by molar-refractivity contribution is 8.06. The minimum absolute atomic E-state index is 0.195. The molecular weight excluding hydrogens is 259 g/mol. The number of sulfone groups is 1. The number of nitrogens with one attached hydrogen (secondary N) is 1. The molecule has 0 aliphatic carbocycles. The number of benzene rings is 1. The Labute approximate surface area is 94.4 Å². The summed E-state index contributed by atoms with van der Waals surface area (Å²) in [6.07, 6.45) is -4.55. The fourth-order valence-electron chi connectivity index (χ4n) is 1.46. The van der Waals surface area contributed by atoms with Crippen LogP contribution in [-0.2, 0) is 20.8 Å². The predicted octanol–water partition coefficient (Wildman–Crippen LogP) is 1.43. The van der Waals surface area contributed by atoms with Gasteiger partial charge in [0, 0.05) is 0 Å². The summed E-state index contributed by atoms with van der Waals surface area (Å²) in [6.45, 7) is -0.517. The quantitative estimate of drug-likeness (QED) is 0.770. The van der Waals surface area contributed by atoms with E-state index < -0.39 is 38.1 Å². The first-order valence-electron chi connectivity index (χ1n) is 4.46. The van der Waals surface area contributed by atoms with E-state index in [1.165, 1.54) is 0 Å². The number of carbonyl (C=O) groups is 1. The molecule has 92 valence electrons. The molecule has 1 aromatic carbocycles. The number of hydrogen-bond acceptors (Lipinski definition) is 4. The van der Waals surface area contributed by atoms with E-state index in [4.69, 9.17) is 0 Å². The highest BCUT2D eigenvalue weighted by atomic mass is 32.2. The second-order valence-corrected chi connectivity index (χ2v) is 5.34. The molecule has 2 rings (SSSR count). The molecule has 0 radical (unpaired) electrons. The molecular formula is C9H6F3NO3S. The molecule has 0 unspecified atom stereocenters. The number of halogens is 3. The Morgan fingerprint density at radius 2 is 1.88 bits per heavy atom. The van der Waals surface area contributed by atoms with Crippen LogP contribution in [0.1, 0.15) is 5.56 Å². The van der Waals surface area contributed by atoms with Crippen molar-refractivity contribution < 1.29 is 26.4 Å². The van der Waals surface area contributed by atoms with E-state index in [-0.39, 0.29) is 5.69 Å². The highest BCUT2D eigenvalue weighted by Crippen LogP contribution is 2.35. The fourth-order valence-corrected chi connectivity index (χ4v) is 2.64. The first-order chi connectivity index (χ1) is 7.73. The summed E-state index contributed by atoms with van der Waals surface area (Å²) in [6, 6.07) is 2.10. The van der Waals surface area contributed by atoms with Crippen LogP contribution in [0, 0.1) is 0 Å². The maximum atomic E-state index is 12.4. The zero-order valence-corrected chi connectivity index (χ0v) is 9.02. The lowest BCUT2D eigenvalue weighted by molar-refractivity contribution is -0.137. The molecule has 4 nitrogen and oxygen atoms in total. The molecule has 8 heteroatoms. The SMILES string of the molecule is O=C1CNc2cc(C(F)(F)F)ccc2S1(=O)=O. The van der Waals surface area contributed by atoms with Crippen molar-refractivity contribution in [1.29, 1.82) is 0 Å². The zero-order valence-electron chi connectivity index (χ0n) is 8.21. The van der Waals surface area contributed by atoms with Crippen LogP contribution in [0.4, 0.5) is 18.9 Å². The molecule has 0 amide bonds. The number of hydrogen-bond donors (Lipinski definition) is 1. The van der Waals surface area contributed by atoms with Gasteiger partial charge < -0.3 is 5.32 Å². The Kier molecular flexibility index (Phi) is 2.42. The van der Waals surface area contributed by atoms with Crippen LogP contribution in [0.2, 0.25) is 0 Å². The molecule has 1 aromatic rings. The van der Waals surface area contributed by atoms with E-state index >= 15 is 0 Å². The van der Waals surface area contributed by atoms with Crippen LogP contribution >= 0.6 is 0 Å². The van der Waals surface area contributed by atoms with Gasteiger partial charge in [-0.2, -0.15) is 13.2 Å². The number of fused-ring (bicyclic) bond motifs is 1. The summed E-state index contributed by atoms with van der Waals surface area (Å²) in [5.41, 5.74) is -1.16. The van der Waals surface area contributed by atoms with Crippen LogP contribution in [0.3, 0.4) is 0 Å². The summed E-state index contributed by atoms with van der Waals surface area (Å²) in [5.74, 6) is 0. The van der Waals surface area contributed by atoms with E-state index in [2.05, 4.69) is 5.32 Å². The Hall–Kier alpha value is -1.57. The van der Waals surface area contributed by atoms with Gasteiger partial charge in [0.25, 0.3) is 5.12 Å². The summed E-state index contributed by atoms with van der Waals surface area (Å²) in [4.78, 5) is 10.7. The van der Waals surface area contributed by atoms with Crippen LogP contribution in [0.5, 0.6) is 0 Å². The number of alkyl halides is 3. The van der Waals surface area contributed by atoms with Gasteiger partial charge in [0.1, 0.15) is 0 Å². The van der Waals surface area contributed by atoms with Gasteiger partial charge in [-0.3, -0.25) is 4.79 Å². The Morgan fingerprint density at radius 1 is 1.24 bits per heavy atom. The molecule has 0 saturated heterocycles. The Balaban J connectivity index is 2.61. The Bertz CT molecular complexity index is 592. The van der Waals surface area contributed by atoms with Crippen molar-refractivity contribution >= 4 is 20.6 Å². The molecule has 1 heterocycles. The smallest absolute Gasteiger partial charge is 0.376 e. The van der Waals surface area contributed by atoms with Gasteiger partial charge in [0.2, 0.25) is 9.84 Å². The van der Waals surface area contributed by atoms with Crippen molar-refractivity contribution in [1.82, 2.24) is 0 Å². The largest absolute Gasteiger partial charge is 0.416 e. The van der Waals surface area contributed by atoms with Crippen molar-refractivity contribution in [3.8, 4) is 0 Å². The van der Waals surface area contributed by atoms with Crippen LogP contribution in [-0.4, -0.2) is 20.1 Å². The molecule has 0 atom stereocenters. The summed E-state index contributed by atoms with van der Waals surface area (Å²) >= 11 is 0. The third-order valence-electron chi connectivity index (χ3n) is 2.32. The van der Waals surface area contributed by atoms with Gasteiger partial charge in [-0.1, -0.05) is 0 Å². The molecule has 0 bridgehead atoms. The molecule has 17 heavy (non-hydrogen) atoms.